The van der Waals surface area contributed by atoms with E-state index in [0.29, 0.717) is 30.1 Å². The number of hydrogen-bond donors (Lipinski definition) is 2. The molecule has 0 spiro atoms. The molecule has 4 aromatic rings. The summed E-state index contributed by atoms with van der Waals surface area (Å²) in [6.45, 7) is 2.48. The summed E-state index contributed by atoms with van der Waals surface area (Å²) in [4.78, 5) is 57.7. The van der Waals surface area contributed by atoms with E-state index in [-0.39, 0.29) is 22.2 Å². The highest BCUT2D eigenvalue weighted by Gasteiger charge is 2.51. The Morgan fingerprint density at radius 3 is 2.42 bits per heavy atom. The molecular weight excluding hydrogens is 583 g/mol. The monoisotopic (exact) mass is 612 g/mol. The molecule has 9 nitrogen and oxygen atoms in total. The first kappa shape index (κ1) is 28.7. The summed E-state index contributed by atoms with van der Waals surface area (Å²) in [6, 6.07) is 17.5. The van der Waals surface area contributed by atoms with E-state index in [0.717, 1.165) is 33.9 Å². The predicted molar refractivity (Wildman–Crippen MR) is 169 cm³/mol. The molecule has 1 unspecified atom stereocenters. The summed E-state index contributed by atoms with van der Waals surface area (Å²) in [6.07, 6.45) is 4.94. The number of quaternary nitrogens is 1. The number of carbonyl (C=O) groups is 4. The topological polar surface area (TPSA) is 122 Å². The van der Waals surface area contributed by atoms with Gasteiger partial charge in [-0.2, -0.15) is 0 Å². The van der Waals surface area contributed by atoms with Gasteiger partial charge in [-0.3, -0.25) is 14.4 Å². The number of amides is 4. The number of primary amides is 1. The van der Waals surface area contributed by atoms with Gasteiger partial charge in [0.1, 0.15) is 16.7 Å². The quantitative estimate of drug-likeness (QED) is 0.223. The van der Waals surface area contributed by atoms with Gasteiger partial charge in [0.15, 0.2) is 6.04 Å². The van der Waals surface area contributed by atoms with Gasteiger partial charge in [0, 0.05) is 53.7 Å². The highest BCUT2D eigenvalue weighted by atomic mass is 32.1. The summed E-state index contributed by atoms with van der Waals surface area (Å²) >= 11 is 2.87. The number of nitrogens with zero attached hydrogens (tertiary/aromatic N) is 3. The van der Waals surface area contributed by atoms with Crippen molar-refractivity contribution in [3.05, 3.63) is 88.5 Å². The number of carbonyl (C=O) groups excluding carboxylic acids is 4. The maximum atomic E-state index is 13.0. The van der Waals surface area contributed by atoms with Gasteiger partial charge >= 0.3 is 5.91 Å². The zero-order chi connectivity index (χ0) is 30.1. The number of aromatic nitrogens is 1. The standard InChI is InChI=1S/C32H29N5O4S2/c1-20(38)37(17-3-6-27(37)29(33)39)24-14-10-22(11-15-24)31-35-25(19-43-31)21-8-12-23(13-9-21)34-30(40)26-5-2-16-36(26)32(41)28-7-4-18-42-28/h2,4-5,7-15,18-19,26-27H,3,6,16-17H2,1H3,(H2-,33,34,39,40)/p+1/t26-,27-,37?/m0/s1. The molecule has 218 valence electrons. The molecule has 4 heterocycles. The number of benzene rings is 2. The minimum Gasteiger partial charge on any atom is -0.364 e. The third-order valence-corrected chi connectivity index (χ3v) is 9.91. The first-order chi connectivity index (χ1) is 20.8. The van der Waals surface area contributed by atoms with Gasteiger partial charge in [0.05, 0.1) is 24.0 Å². The fourth-order valence-electron chi connectivity index (χ4n) is 5.99. The van der Waals surface area contributed by atoms with E-state index in [9.17, 15) is 19.2 Å². The van der Waals surface area contributed by atoms with E-state index in [1.165, 1.54) is 29.6 Å². The SMILES string of the molecule is CC(=O)[N+]1(c2ccc(-c3nc(-c4ccc(NC(=O)[C@@H]5C=CCN5C(=O)c5cccs5)cc4)cs3)cc2)CCC[C@H]1C(N)=O. The zero-order valence-corrected chi connectivity index (χ0v) is 25.1. The van der Waals surface area contributed by atoms with E-state index in [2.05, 4.69) is 5.32 Å². The maximum Gasteiger partial charge on any atom is 0.316 e. The second kappa shape index (κ2) is 11.7. The fourth-order valence-corrected chi connectivity index (χ4v) is 7.50. The van der Waals surface area contributed by atoms with Crippen molar-refractivity contribution >= 4 is 57.7 Å². The van der Waals surface area contributed by atoms with E-state index in [4.69, 9.17) is 10.7 Å². The lowest BCUT2D eigenvalue weighted by Gasteiger charge is -2.34. The average molecular weight is 613 g/mol. The van der Waals surface area contributed by atoms with Crippen LogP contribution < -0.4 is 15.5 Å². The third-order valence-electron chi connectivity index (χ3n) is 8.16. The third kappa shape index (κ3) is 5.31. The highest BCUT2D eigenvalue weighted by Crippen LogP contribution is 2.37. The molecule has 0 saturated carbocycles. The first-order valence-corrected chi connectivity index (χ1v) is 15.7. The summed E-state index contributed by atoms with van der Waals surface area (Å²) < 4.78 is -0.0401. The number of anilines is 1. The number of nitrogens with one attached hydrogen (secondary N) is 1. The lowest BCUT2D eigenvalue weighted by Crippen LogP contribution is -2.60. The largest absolute Gasteiger partial charge is 0.364 e. The van der Waals surface area contributed by atoms with Gasteiger partial charge in [0.2, 0.25) is 0 Å². The van der Waals surface area contributed by atoms with Gasteiger partial charge in [0.25, 0.3) is 17.7 Å². The minimum atomic E-state index is -0.666. The molecular formula is C32H30N5O4S2+. The maximum absolute atomic E-state index is 13.0. The Hall–Kier alpha value is -4.45. The molecule has 0 radical (unpaired) electrons. The van der Waals surface area contributed by atoms with Gasteiger partial charge < -0.3 is 16.0 Å². The zero-order valence-electron chi connectivity index (χ0n) is 23.4. The second-order valence-electron chi connectivity index (χ2n) is 10.6. The van der Waals surface area contributed by atoms with Crippen molar-refractivity contribution in [1.29, 1.82) is 0 Å². The molecule has 3 atom stereocenters. The number of likely N-dealkylation sites (tertiary alicyclic amines) is 1. The molecule has 2 aromatic heterocycles. The number of nitrogens with two attached hydrogens (primary N) is 1. The van der Waals surface area contributed by atoms with Crippen molar-refractivity contribution in [2.75, 3.05) is 18.4 Å². The van der Waals surface area contributed by atoms with Crippen molar-refractivity contribution < 1.29 is 19.2 Å². The van der Waals surface area contributed by atoms with Crippen LogP contribution in [0, 0.1) is 0 Å². The van der Waals surface area contributed by atoms with E-state index >= 15 is 0 Å². The molecule has 2 aliphatic rings. The average Bonchev–Trinajstić information content (AvgIpc) is 3.83. The van der Waals surface area contributed by atoms with Crippen LogP contribution in [0.2, 0.25) is 0 Å². The Morgan fingerprint density at radius 2 is 1.74 bits per heavy atom. The summed E-state index contributed by atoms with van der Waals surface area (Å²) in [5.74, 6) is -0.964. The van der Waals surface area contributed by atoms with Gasteiger partial charge in [-0.15, -0.1) is 22.7 Å². The van der Waals surface area contributed by atoms with Crippen LogP contribution in [0.1, 0.15) is 29.4 Å². The number of thiophene rings is 1. The van der Waals surface area contributed by atoms with Crippen LogP contribution in [0.25, 0.3) is 21.8 Å². The first-order valence-electron chi connectivity index (χ1n) is 13.9. The van der Waals surface area contributed by atoms with Gasteiger partial charge in [-0.1, -0.05) is 30.4 Å². The van der Waals surface area contributed by atoms with Crippen molar-refractivity contribution in [2.24, 2.45) is 5.73 Å². The molecule has 2 aromatic carbocycles. The Morgan fingerprint density at radius 1 is 1.00 bits per heavy atom. The summed E-state index contributed by atoms with van der Waals surface area (Å²) in [5.41, 5.74) is 9.67. The smallest absolute Gasteiger partial charge is 0.316 e. The summed E-state index contributed by atoms with van der Waals surface area (Å²) in [7, 11) is 0. The molecule has 1 saturated heterocycles. The molecule has 6 rings (SSSR count). The van der Waals surface area contributed by atoms with Crippen LogP contribution >= 0.6 is 22.7 Å². The van der Waals surface area contributed by atoms with Crippen molar-refractivity contribution in [3.63, 3.8) is 0 Å². The Balaban J connectivity index is 1.13. The Labute approximate surface area is 256 Å². The summed E-state index contributed by atoms with van der Waals surface area (Å²) in [5, 5.41) is 7.56. The second-order valence-corrected chi connectivity index (χ2v) is 12.4. The van der Waals surface area contributed by atoms with Crippen LogP contribution in [-0.2, 0) is 14.4 Å². The van der Waals surface area contributed by atoms with E-state index < -0.39 is 18.0 Å². The van der Waals surface area contributed by atoms with Crippen molar-refractivity contribution in [3.8, 4) is 21.8 Å². The van der Waals surface area contributed by atoms with Crippen LogP contribution in [0.3, 0.4) is 0 Å². The van der Waals surface area contributed by atoms with Crippen LogP contribution in [0.5, 0.6) is 0 Å². The van der Waals surface area contributed by atoms with Crippen LogP contribution in [-0.4, -0.2) is 58.7 Å². The Kier molecular flexibility index (Phi) is 7.78. The minimum absolute atomic E-state index is 0.0401. The normalized spacial score (nSPS) is 21.2. The van der Waals surface area contributed by atoms with Crippen molar-refractivity contribution in [1.82, 2.24) is 14.4 Å². The Bertz CT molecular complexity index is 1710. The van der Waals surface area contributed by atoms with E-state index in [1.807, 2.05) is 71.4 Å². The lowest BCUT2D eigenvalue weighted by atomic mass is 10.1. The lowest BCUT2D eigenvalue weighted by molar-refractivity contribution is -0.134. The van der Waals surface area contributed by atoms with Gasteiger partial charge in [-0.25, -0.2) is 14.3 Å². The molecule has 2 aliphatic heterocycles. The number of rotatable bonds is 7. The van der Waals surface area contributed by atoms with Crippen LogP contribution in [0.4, 0.5) is 11.4 Å². The molecule has 43 heavy (non-hydrogen) atoms. The molecule has 4 amide bonds. The molecule has 1 fully saturated rings. The number of thiazole rings is 1. The molecule has 0 bridgehead atoms. The van der Waals surface area contributed by atoms with Gasteiger partial charge in [-0.05, 0) is 35.7 Å². The van der Waals surface area contributed by atoms with Crippen LogP contribution in [0.15, 0.2) is 83.6 Å². The fraction of sp³-hybridized carbons (Fsp3) is 0.219. The van der Waals surface area contributed by atoms with E-state index in [1.54, 1.807) is 17.0 Å². The predicted octanol–water partition coefficient (Wildman–Crippen LogP) is 5.06. The van der Waals surface area contributed by atoms with Crippen molar-refractivity contribution in [2.45, 2.75) is 31.8 Å². The highest BCUT2D eigenvalue weighted by molar-refractivity contribution is 7.13. The molecule has 0 aliphatic carbocycles. The number of hydrogen-bond acceptors (Lipinski definition) is 7. The molecule has 3 N–H and O–H groups in total. The molecule has 11 heteroatoms.